The second-order valence-electron chi connectivity index (χ2n) is 9.55. The van der Waals surface area contributed by atoms with Crippen LogP contribution >= 0.6 is 0 Å². The fraction of sp³-hybridized carbons (Fsp3) is 0.500. The lowest BCUT2D eigenvalue weighted by atomic mass is 9.89. The summed E-state index contributed by atoms with van der Waals surface area (Å²) < 4.78 is 60.1. The topological polar surface area (TPSA) is 63.2 Å². The summed E-state index contributed by atoms with van der Waals surface area (Å²) in [7, 11) is 1.58. The Labute approximate surface area is 208 Å². The van der Waals surface area contributed by atoms with Gasteiger partial charge in [-0.2, -0.15) is 18.2 Å². The average molecular weight is 506 g/mol. The first-order valence-electron chi connectivity index (χ1n) is 12.1. The molecule has 10 heteroatoms. The molecule has 3 heterocycles. The number of methoxy groups -OCH3 is 1. The first-order valence-corrected chi connectivity index (χ1v) is 12.1. The molecule has 0 bridgehead atoms. The summed E-state index contributed by atoms with van der Waals surface area (Å²) in [6.45, 7) is 9.59. The molecule has 0 spiro atoms. The number of fused-ring (bicyclic) bond motifs is 1. The van der Waals surface area contributed by atoms with Gasteiger partial charge in [0, 0.05) is 17.2 Å². The van der Waals surface area contributed by atoms with Gasteiger partial charge in [0.05, 0.1) is 24.1 Å². The van der Waals surface area contributed by atoms with Gasteiger partial charge in [-0.15, -0.1) is 0 Å². The van der Waals surface area contributed by atoms with E-state index in [4.69, 9.17) is 4.74 Å². The highest BCUT2D eigenvalue weighted by Crippen LogP contribution is 2.38. The lowest BCUT2D eigenvalue weighted by Crippen LogP contribution is -2.37. The number of ether oxygens (including phenoxy) is 1. The van der Waals surface area contributed by atoms with E-state index in [9.17, 15) is 17.6 Å². The third-order valence-corrected chi connectivity index (χ3v) is 6.84. The van der Waals surface area contributed by atoms with Crippen molar-refractivity contribution in [1.29, 1.82) is 0 Å². The Morgan fingerprint density at radius 1 is 1.08 bits per heavy atom. The van der Waals surface area contributed by atoms with E-state index in [1.165, 1.54) is 12.1 Å². The standard InChI is InChI=1S/C26H31F4N5O/c1-14(2)35-11-9-17(10-12-35)19-13-20-23(32-16(4)33-24(20)34-25(19)36-5)31-15(3)18-7-6-8-21(22(18)27)26(28,29)30/h6-8,13-15,17H,9-12H2,1-5H3,(H,31,32,33,34)/t15-/m1/s1. The Bertz CT molecular complexity index is 1240. The van der Waals surface area contributed by atoms with E-state index in [0.29, 0.717) is 34.6 Å². The van der Waals surface area contributed by atoms with Crippen molar-refractivity contribution in [3.63, 3.8) is 0 Å². The molecule has 1 saturated heterocycles. The van der Waals surface area contributed by atoms with Gasteiger partial charge in [0.25, 0.3) is 0 Å². The Morgan fingerprint density at radius 3 is 2.39 bits per heavy atom. The zero-order chi connectivity index (χ0) is 26.2. The molecule has 6 nitrogen and oxygen atoms in total. The van der Waals surface area contributed by atoms with Crippen molar-refractivity contribution in [3.05, 3.63) is 52.6 Å². The normalized spacial score (nSPS) is 16.5. The van der Waals surface area contributed by atoms with Gasteiger partial charge in [0.2, 0.25) is 5.88 Å². The number of likely N-dealkylation sites (tertiary alicyclic amines) is 1. The number of benzene rings is 1. The molecule has 0 amide bonds. The van der Waals surface area contributed by atoms with Crippen molar-refractivity contribution < 1.29 is 22.3 Å². The highest BCUT2D eigenvalue weighted by atomic mass is 19.4. The van der Waals surface area contributed by atoms with Gasteiger partial charge >= 0.3 is 6.18 Å². The number of hydrogen-bond donors (Lipinski definition) is 1. The minimum Gasteiger partial charge on any atom is -0.481 e. The Morgan fingerprint density at radius 2 is 1.78 bits per heavy atom. The third kappa shape index (κ3) is 5.23. The fourth-order valence-corrected chi connectivity index (χ4v) is 4.84. The van der Waals surface area contributed by atoms with Gasteiger partial charge in [0.1, 0.15) is 17.5 Å². The van der Waals surface area contributed by atoms with Crippen LogP contribution in [0.3, 0.4) is 0 Å². The molecule has 1 fully saturated rings. The molecule has 1 aromatic carbocycles. The number of hydrogen-bond acceptors (Lipinski definition) is 6. The molecule has 0 saturated carbocycles. The number of aromatic nitrogens is 3. The van der Waals surface area contributed by atoms with Gasteiger partial charge in [-0.05, 0) is 71.7 Å². The van der Waals surface area contributed by atoms with Gasteiger partial charge in [-0.3, -0.25) is 0 Å². The molecule has 4 rings (SSSR count). The monoisotopic (exact) mass is 505 g/mol. The van der Waals surface area contributed by atoms with Crippen LogP contribution in [0.25, 0.3) is 11.0 Å². The highest BCUT2D eigenvalue weighted by Gasteiger charge is 2.35. The minimum absolute atomic E-state index is 0.100. The van der Waals surface area contributed by atoms with Gasteiger partial charge < -0.3 is 15.0 Å². The second kappa shape index (κ2) is 10.2. The van der Waals surface area contributed by atoms with Crippen LogP contribution in [-0.2, 0) is 6.18 Å². The maximum Gasteiger partial charge on any atom is 0.419 e. The van der Waals surface area contributed by atoms with Crippen LogP contribution < -0.4 is 10.1 Å². The Hall–Kier alpha value is -3.01. The van der Waals surface area contributed by atoms with E-state index in [2.05, 4.69) is 39.0 Å². The van der Waals surface area contributed by atoms with Crippen LogP contribution in [0.15, 0.2) is 24.3 Å². The van der Waals surface area contributed by atoms with Crippen LogP contribution in [0.5, 0.6) is 5.88 Å². The predicted octanol–water partition coefficient (Wildman–Crippen LogP) is 6.26. The number of nitrogens with zero attached hydrogens (tertiary/aromatic N) is 4. The third-order valence-electron chi connectivity index (χ3n) is 6.84. The zero-order valence-corrected chi connectivity index (χ0v) is 21.1. The summed E-state index contributed by atoms with van der Waals surface area (Å²) >= 11 is 0. The van der Waals surface area contributed by atoms with Gasteiger partial charge in [-0.25, -0.2) is 14.4 Å². The molecular formula is C26H31F4N5O. The van der Waals surface area contributed by atoms with Gasteiger partial charge in [-0.1, -0.05) is 12.1 Å². The molecule has 1 N–H and O–H groups in total. The molecule has 0 unspecified atom stereocenters. The quantitative estimate of drug-likeness (QED) is 0.399. The molecule has 1 aliphatic rings. The minimum atomic E-state index is -4.78. The molecule has 0 aliphatic carbocycles. The first kappa shape index (κ1) is 26.1. The Balaban J connectivity index is 1.71. The van der Waals surface area contributed by atoms with E-state index in [-0.39, 0.29) is 11.5 Å². The molecule has 3 aromatic rings. The molecule has 194 valence electrons. The van der Waals surface area contributed by atoms with E-state index < -0.39 is 23.6 Å². The molecule has 0 radical (unpaired) electrons. The van der Waals surface area contributed by atoms with Crippen molar-refractivity contribution in [3.8, 4) is 5.88 Å². The SMILES string of the molecule is COc1nc2nc(C)nc(N[C@H](C)c3cccc(C(F)(F)F)c3F)c2cc1C1CCN(C(C)C)CC1. The number of pyridine rings is 1. The van der Waals surface area contributed by atoms with E-state index in [1.807, 2.05) is 6.07 Å². The summed E-state index contributed by atoms with van der Waals surface area (Å²) in [5.41, 5.74) is -0.0421. The second-order valence-corrected chi connectivity index (χ2v) is 9.55. The van der Waals surface area contributed by atoms with Crippen LogP contribution in [-0.4, -0.2) is 46.1 Å². The number of anilines is 1. The Kier molecular flexibility index (Phi) is 7.36. The van der Waals surface area contributed by atoms with Crippen molar-refractivity contribution in [2.75, 3.05) is 25.5 Å². The van der Waals surface area contributed by atoms with Crippen molar-refractivity contribution in [2.45, 2.75) is 64.7 Å². The fourth-order valence-electron chi connectivity index (χ4n) is 4.84. The molecular weight excluding hydrogens is 474 g/mol. The van der Waals surface area contributed by atoms with Crippen LogP contribution in [0.1, 0.15) is 68.1 Å². The molecule has 1 aliphatic heterocycles. The largest absolute Gasteiger partial charge is 0.481 e. The maximum atomic E-state index is 14.8. The van der Waals surface area contributed by atoms with Crippen LogP contribution in [0.4, 0.5) is 23.4 Å². The summed E-state index contributed by atoms with van der Waals surface area (Å²) in [6.07, 6.45) is -2.88. The highest BCUT2D eigenvalue weighted by molar-refractivity contribution is 5.88. The number of aryl methyl sites for hydroxylation is 1. The lowest BCUT2D eigenvalue weighted by Gasteiger charge is -2.35. The smallest absolute Gasteiger partial charge is 0.419 e. The first-order chi connectivity index (χ1) is 17.0. The van der Waals surface area contributed by atoms with E-state index in [1.54, 1.807) is 21.0 Å². The molecule has 1 atom stereocenters. The molecule has 36 heavy (non-hydrogen) atoms. The summed E-state index contributed by atoms with van der Waals surface area (Å²) in [5.74, 6) is 0.260. The average Bonchev–Trinajstić information content (AvgIpc) is 2.82. The van der Waals surface area contributed by atoms with Crippen molar-refractivity contribution >= 4 is 16.9 Å². The van der Waals surface area contributed by atoms with E-state index in [0.717, 1.165) is 37.6 Å². The number of alkyl halides is 3. The maximum absolute atomic E-state index is 14.8. The number of nitrogens with one attached hydrogen (secondary N) is 1. The molecule has 2 aromatic heterocycles. The summed E-state index contributed by atoms with van der Waals surface area (Å²) in [5, 5.41) is 3.72. The summed E-state index contributed by atoms with van der Waals surface area (Å²) in [6, 6.07) is 4.93. The van der Waals surface area contributed by atoms with Crippen molar-refractivity contribution in [1.82, 2.24) is 19.9 Å². The van der Waals surface area contributed by atoms with E-state index >= 15 is 0 Å². The van der Waals surface area contributed by atoms with Gasteiger partial charge in [0.15, 0.2) is 5.65 Å². The predicted molar refractivity (Wildman–Crippen MR) is 131 cm³/mol. The zero-order valence-electron chi connectivity index (χ0n) is 21.1. The number of piperidine rings is 1. The van der Waals surface area contributed by atoms with Crippen LogP contribution in [0.2, 0.25) is 0 Å². The summed E-state index contributed by atoms with van der Waals surface area (Å²) in [4.78, 5) is 16.0. The lowest BCUT2D eigenvalue weighted by molar-refractivity contribution is -0.140. The number of rotatable bonds is 6. The number of halogens is 4. The van der Waals surface area contributed by atoms with Crippen LogP contribution in [0, 0.1) is 12.7 Å². The van der Waals surface area contributed by atoms with Crippen molar-refractivity contribution in [2.24, 2.45) is 0 Å².